The second-order valence-electron chi connectivity index (χ2n) is 5.13. The highest BCUT2D eigenvalue weighted by molar-refractivity contribution is 7.98. The number of amides is 1. The summed E-state index contributed by atoms with van der Waals surface area (Å²) in [5.41, 5.74) is 0. The third kappa shape index (κ3) is 3.98. The molecule has 94 valence electrons. The summed E-state index contributed by atoms with van der Waals surface area (Å²) in [5, 5.41) is 3.30. The van der Waals surface area contributed by atoms with Gasteiger partial charge in [-0.3, -0.25) is 10.1 Å². The van der Waals surface area contributed by atoms with E-state index in [1.807, 2.05) is 16.7 Å². The number of carbonyl (C=O) groups is 1. The molecule has 1 heterocycles. The van der Waals surface area contributed by atoms with Crippen molar-refractivity contribution >= 4 is 17.7 Å². The fourth-order valence-electron chi connectivity index (χ4n) is 2.15. The molecule has 0 aromatic rings. The molecule has 1 N–H and O–H groups in total. The van der Waals surface area contributed by atoms with E-state index in [1.165, 1.54) is 0 Å². The van der Waals surface area contributed by atoms with Gasteiger partial charge in [-0.05, 0) is 30.3 Å². The molecule has 0 saturated carbocycles. The fraction of sp³-hybridized carbons (Fsp3) is 0.917. The Kier molecular flexibility index (Phi) is 5.62. The maximum atomic E-state index is 11.8. The SMILES string of the molecule is CSCC(C)CN1C(=O)CNC1CC(C)C. The molecule has 0 aliphatic carbocycles. The summed E-state index contributed by atoms with van der Waals surface area (Å²) < 4.78 is 0. The number of thioether (sulfide) groups is 1. The van der Waals surface area contributed by atoms with Gasteiger partial charge in [-0.2, -0.15) is 11.8 Å². The third-order valence-electron chi connectivity index (χ3n) is 2.84. The number of nitrogens with one attached hydrogen (secondary N) is 1. The van der Waals surface area contributed by atoms with Crippen LogP contribution in [0.25, 0.3) is 0 Å². The Hall–Kier alpha value is -0.220. The number of hydrogen-bond donors (Lipinski definition) is 1. The van der Waals surface area contributed by atoms with Gasteiger partial charge in [0, 0.05) is 6.54 Å². The van der Waals surface area contributed by atoms with Gasteiger partial charge < -0.3 is 4.90 Å². The van der Waals surface area contributed by atoms with Crippen LogP contribution in [0.3, 0.4) is 0 Å². The van der Waals surface area contributed by atoms with Crippen LogP contribution in [0.15, 0.2) is 0 Å². The lowest BCUT2D eigenvalue weighted by Crippen LogP contribution is -2.41. The van der Waals surface area contributed by atoms with Gasteiger partial charge in [-0.1, -0.05) is 20.8 Å². The molecule has 0 bridgehead atoms. The van der Waals surface area contributed by atoms with Gasteiger partial charge in [0.1, 0.15) is 0 Å². The molecular formula is C12H24N2OS. The van der Waals surface area contributed by atoms with Gasteiger partial charge in [0.15, 0.2) is 0 Å². The van der Waals surface area contributed by atoms with Crippen LogP contribution in [-0.4, -0.2) is 42.1 Å². The predicted octanol–water partition coefficient (Wildman–Crippen LogP) is 1.79. The summed E-state index contributed by atoms with van der Waals surface area (Å²) >= 11 is 1.85. The molecule has 1 fully saturated rings. The Balaban J connectivity index is 2.49. The number of rotatable bonds is 6. The second kappa shape index (κ2) is 6.50. The van der Waals surface area contributed by atoms with Crippen molar-refractivity contribution in [2.24, 2.45) is 11.8 Å². The van der Waals surface area contributed by atoms with Crippen molar-refractivity contribution in [1.29, 1.82) is 0 Å². The van der Waals surface area contributed by atoms with E-state index >= 15 is 0 Å². The van der Waals surface area contributed by atoms with E-state index in [1.54, 1.807) is 0 Å². The lowest BCUT2D eigenvalue weighted by molar-refractivity contribution is -0.128. The average Bonchev–Trinajstić information content (AvgIpc) is 2.49. The first-order valence-electron chi connectivity index (χ1n) is 6.06. The Morgan fingerprint density at radius 3 is 2.75 bits per heavy atom. The van der Waals surface area contributed by atoms with E-state index in [0.29, 0.717) is 18.4 Å². The summed E-state index contributed by atoms with van der Waals surface area (Å²) in [7, 11) is 0. The summed E-state index contributed by atoms with van der Waals surface area (Å²) in [6.07, 6.45) is 3.43. The first-order chi connectivity index (χ1) is 7.54. The quantitative estimate of drug-likeness (QED) is 0.773. The monoisotopic (exact) mass is 244 g/mol. The molecule has 0 spiro atoms. The maximum absolute atomic E-state index is 11.8. The van der Waals surface area contributed by atoms with Crippen LogP contribution < -0.4 is 5.32 Å². The van der Waals surface area contributed by atoms with E-state index in [9.17, 15) is 4.79 Å². The zero-order chi connectivity index (χ0) is 12.1. The van der Waals surface area contributed by atoms with Crippen LogP contribution in [0.5, 0.6) is 0 Å². The smallest absolute Gasteiger partial charge is 0.237 e. The minimum Gasteiger partial charge on any atom is -0.326 e. The topological polar surface area (TPSA) is 32.3 Å². The molecule has 1 rings (SSSR count). The number of carbonyl (C=O) groups excluding carboxylic acids is 1. The Labute approximate surface area is 103 Å². The minimum absolute atomic E-state index is 0.261. The van der Waals surface area contributed by atoms with Gasteiger partial charge in [0.2, 0.25) is 5.91 Å². The van der Waals surface area contributed by atoms with E-state index in [0.717, 1.165) is 18.7 Å². The summed E-state index contributed by atoms with van der Waals surface area (Å²) in [6.45, 7) is 8.03. The standard InChI is InChI=1S/C12H24N2OS/c1-9(2)5-11-13-6-12(15)14(11)7-10(3)8-16-4/h9-11,13H,5-8H2,1-4H3. The Bertz CT molecular complexity index is 233. The zero-order valence-corrected chi connectivity index (χ0v) is 11.6. The van der Waals surface area contributed by atoms with Crippen LogP contribution in [0.4, 0.5) is 0 Å². The summed E-state index contributed by atoms with van der Waals surface area (Å²) in [5.74, 6) is 2.59. The second-order valence-corrected chi connectivity index (χ2v) is 6.04. The van der Waals surface area contributed by atoms with Crippen molar-refractivity contribution < 1.29 is 4.79 Å². The van der Waals surface area contributed by atoms with Crippen molar-refractivity contribution in [2.75, 3.05) is 25.1 Å². The largest absolute Gasteiger partial charge is 0.326 e. The number of hydrogen-bond acceptors (Lipinski definition) is 3. The van der Waals surface area contributed by atoms with Gasteiger partial charge in [0.25, 0.3) is 0 Å². The molecule has 2 unspecified atom stereocenters. The molecule has 1 amide bonds. The van der Waals surface area contributed by atoms with Crippen molar-refractivity contribution in [1.82, 2.24) is 10.2 Å². The molecule has 1 saturated heterocycles. The molecular weight excluding hydrogens is 220 g/mol. The fourth-order valence-corrected chi connectivity index (χ4v) is 2.82. The van der Waals surface area contributed by atoms with Crippen molar-refractivity contribution in [3.05, 3.63) is 0 Å². The van der Waals surface area contributed by atoms with Crippen LogP contribution in [0.1, 0.15) is 27.2 Å². The Morgan fingerprint density at radius 1 is 1.50 bits per heavy atom. The first kappa shape index (κ1) is 13.8. The van der Waals surface area contributed by atoms with Gasteiger partial charge in [-0.25, -0.2) is 0 Å². The van der Waals surface area contributed by atoms with Gasteiger partial charge >= 0.3 is 0 Å². The van der Waals surface area contributed by atoms with Crippen LogP contribution in [0, 0.1) is 11.8 Å². The molecule has 16 heavy (non-hydrogen) atoms. The highest BCUT2D eigenvalue weighted by Gasteiger charge is 2.31. The van der Waals surface area contributed by atoms with E-state index in [-0.39, 0.29) is 12.1 Å². The molecule has 3 nitrogen and oxygen atoms in total. The van der Waals surface area contributed by atoms with E-state index in [2.05, 4.69) is 32.3 Å². The van der Waals surface area contributed by atoms with Crippen LogP contribution in [-0.2, 0) is 4.79 Å². The van der Waals surface area contributed by atoms with Crippen LogP contribution >= 0.6 is 11.8 Å². The lowest BCUT2D eigenvalue weighted by atomic mass is 10.1. The molecule has 1 aliphatic heterocycles. The maximum Gasteiger partial charge on any atom is 0.237 e. The molecule has 1 aliphatic rings. The zero-order valence-electron chi connectivity index (χ0n) is 10.8. The minimum atomic E-state index is 0.261. The Morgan fingerprint density at radius 2 is 2.19 bits per heavy atom. The normalized spacial score (nSPS) is 23.2. The van der Waals surface area contributed by atoms with E-state index in [4.69, 9.17) is 0 Å². The van der Waals surface area contributed by atoms with Crippen molar-refractivity contribution in [3.63, 3.8) is 0 Å². The highest BCUT2D eigenvalue weighted by atomic mass is 32.2. The number of nitrogens with zero attached hydrogens (tertiary/aromatic N) is 1. The van der Waals surface area contributed by atoms with Gasteiger partial charge in [0.05, 0.1) is 12.7 Å². The van der Waals surface area contributed by atoms with Crippen molar-refractivity contribution in [3.8, 4) is 0 Å². The van der Waals surface area contributed by atoms with Crippen molar-refractivity contribution in [2.45, 2.75) is 33.4 Å². The molecule has 0 aromatic heterocycles. The summed E-state index contributed by atoms with van der Waals surface area (Å²) in [6, 6.07) is 0. The average molecular weight is 244 g/mol. The molecule has 4 heteroatoms. The molecule has 2 atom stereocenters. The van der Waals surface area contributed by atoms with Gasteiger partial charge in [-0.15, -0.1) is 0 Å². The lowest BCUT2D eigenvalue weighted by Gasteiger charge is -2.28. The van der Waals surface area contributed by atoms with Crippen LogP contribution in [0.2, 0.25) is 0 Å². The molecule has 0 aromatic carbocycles. The summed E-state index contributed by atoms with van der Waals surface area (Å²) in [4.78, 5) is 13.8. The first-order valence-corrected chi connectivity index (χ1v) is 7.45. The highest BCUT2D eigenvalue weighted by Crippen LogP contribution is 2.17. The third-order valence-corrected chi connectivity index (χ3v) is 3.74. The predicted molar refractivity (Wildman–Crippen MR) is 70.5 cm³/mol. The molecule has 0 radical (unpaired) electrons. The van der Waals surface area contributed by atoms with E-state index < -0.39 is 0 Å².